The Kier molecular flexibility index (Phi) is 5.75. The number of aromatic amines is 1. The molecule has 0 spiro atoms. The highest BCUT2D eigenvalue weighted by molar-refractivity contribution is 6.09. The number of anilines is 1. The van der Waals surface area contributed by atoms with Crippen LogP contribution < -0.4 is 9.64 Å². The molecule has 1 N–H and O–H groups in total. The number of nitrogens with one attached hydrogen (secondary N) is 1. The number of H-pyrrole nitrogens is 1. The minimum atomic E-state index is -0.625. The van der Waals surface area contributed by atoms with Gasteiger partial charge < -0.3 is 19.4 Å². The van der Waals surface area contributed by atoms with Crippen LogP contribution in [0.2, 0.25) is 0 Å². The Morgan fingerprint density at radius 2 is 1.97 bits per heavy atom. The largest absolute Gasteiger partial charge is 0.495 e. The molecule has 1 unspecified atom stereocenters. The minimum absolute atomic E-state index is 0.0397. The summed E-state index contributed by atoms with van der Waals surface area (Å²) in [7, 11) is 1.53. The number of para-hydroxylation sites is 3. The molecule has 1 saturated heterocycles. The maximum absolute atomic E-state index is 12.7. The number of Topliss-reactive ketones (excluding diaryl/α,β-unsaturated/α-hetero) is 1. The number of ether oxygens (including phenoxy) is 2. The number of amides is 1. The SMILES string of the molecule is CCc1cccc2c(C(=O)COC(=O)C3CC(=O)N(c4ccccc4OC)C3)c[nH]c12. The number of hydrogen-bond donors (Lipinski definition) is 1. The first-order chi connectivity index (χ1) is 15.0. The number of benzene rings is 2. The van der Waals surface area contributed by atoms with E-state index in [1.165, 1.54) is 12.0 Å². The standard InChI is InChI=1S/C24H24N2O5/c1-3-15-7-6-8-17-18(12-25-23(15)17)20(27)14-31-24(29)16-11-22(28)26(13-16)19-9-4-5-10-21(19)30-2/h4-10,12,16,25H,3,11,13-14H2,1-2H3. The van der Waals surface area contributed by atoms with Crippen molar-refractivity contribution >= 4 is 34.3 Å². The summed E-state index contributed by atoms with van der Waals surface area (Å²) in [6, 6.07) is 13.0. The molecule has 1 atom stereocenters. The summed E-state index contributed by atoms with van der Waals surface area (Å²) >= 11 is 0. The van der Waals surface area contributed by atoms with Gasteiger partial charge in [-0.05, 0) is 24.1 Å². The molecule has 1 aliphatic heterocycles. The monoisotopic (exact) mass is 420 g/mol. The number of carbonyl (C=O) groups is 3. The normalized spacial score (nSPS) is 16.0. The van der Waals surface area contributed by atoms with Crippen LogP contribution in [0.15, 0.2) is 48.7 Å². The maximum Gasteiger partial charge on any atom is 0.311 e. The fourth-order valence-electron chi connectivity index (χ4n) is 4.03. The molecule has 1 amide bonds. The van der Waals surface area contributed by atoms with Crippen LogP contribution in [0.5, 0.6) is 5.75 Å². The molecule has 0 saturated carbocycles. The number of aromatic nitrogens is 1. The third-order valence-electron chi connectivity index (χ3n) is 5.66. The van der Waals surface area contributed by atoms with Crippen molar-refractivity contribution in [2.24, 2.45) is 5.92 Å². The lowest BCUT2D eigenvalue weighted by molar-refractivity contribution is -0.147. The summed E-state index contributed by atoms with van der Waals surface area (Å²) in [5.74, 6) is -1.07. The summed E-state index contributed by atoms with van der Waals surface area (Å²) in [5, 5.41) is 0.818. The number of esters is 1. The van der Waals surface area contributed by atoms with Crippen molar-refractivity contribution < 1.29 is 23.9 Å². The molecule has 7 heteroatoms. The molecule has 0 aliphatic carbocycles. The van der Waals surface area contributed by atoms with Crippen LogP contribution in [-0.4, -0.2) is 42.9 Å². The smallest absolute Gasteiger partial charge is 0.311 e. The first-order valence-corrected chi connectivity index (χ1v) is 10.3. The molecule has 0 radical (unpaired) electrons. The maximum atomic E-state index is 12.7. The molecule has 3 aromatic rings. The van der Waals surface area contributed by atoms with Gasteiger partial charge in [0.25, 0.3) is 0 Å². The molecule has 0 bridgehead atoms. The fourth-order valence-corrected chi connectivity index (χ4v) is 4.03. The van der Waals surface area contributed by atoms with Gasteiger partial charge in [0.15, 0.2) is 6.61 Å². The highest BCUT2D eigenvalue weighted by atomic mass is 16.5. The van der Waals surface area contributed by atoms with E-state index < -0.39 is 11.9 Å². The van der Waals surface area contributed by atoms with Crippen molar-refractivity contribution in [3.63, 3.8) is 0 Å². The molecule has 1 aromatic heterocycles. The van der Waals surface area contributed by atoms with E-state index >= 15 is 0 Å². The zero-order chi connectivity index (χ0) is 22.0. The highest BCUT2D eigenvalue weighted by Crippen LogP contribution is 2.33. The Labute approximate surface area is 179 Å². The molecule has 7 nitrogen and oxygen atoms in total. The predicted octanol–water partition coefficient (Wildman–Crippen LogP) is 3.52. The zero-order valence-corrected chi connectivity index (χ0v) is 17.5. The van der Waals surface area contributed by atoms with Gasteiger partial charge in [0.2, 0.25) is 11.7 Å². The van der Waals surface area contributed by atoms with Crippen molar-refractivity contribution in [1.29, 1.82) is 0 Å². The number of ketones is 1. The van der Waals surface area contributed by atoms with E-state index in [9.17, 15) is 14.4 Å². The first-order valence-electron chi connectivity index (χ1n) is 10.3. The van der Waals surface area contributed by atoms with Gasteiger partial charge >= 0.3 is 5.97 Å². The van der Waals surface area contributed by atoms with Crippen molar-refractivity contribution in [2.75, 3.05) is 25.2 Å². The third kappa shape index (κ3) is 3.91. The molecule has 2 heterocycles. The van der Waals surface area contributed by atoms with E-state index in [1.54, 1.807) is 24.4 Å². The van der Waals surface area contributed by atoms with Crippen LogP contribution in [0, 0.1) is 5.92 Å². The lowest BCUT2D eigenvalue weighted by atomic mass is 10.1. The van der Waals surface area contributed by atoms with Gasteiger partial charge in [-0.1, -0.05) is 37.3 Å². The molecule has 1 fully saturated rings. The third-order valence-corrected chi connectivity index (χ3v) is 5.66. The zero-order valence-electron chi connectivity index (χ0n) is 17.5. The fraction of sp³-hybridized carbons (Fsp3) is 0.292. The summed E-state index contributed by atoms with van der Waals surface area (Å²) in [6.45, 7) is 1.89. The number of hydrogen-bond acceptors (Lipinski definition) is 5. The van der Waals surface area contributed by atoms with Crippen LogP contribution >= 0.6 is 0 Å². The van der Waals surface area contributed by atoms with Crippen molar-refractivity contribution in [1.82, 2.24) is 4.98 Å². The number of methoxy groups -OCH3 is 1. The Morgan fingerprint density at radius 3 is 2.74 bits per heavy atom. The van der Waals surface area contributed by atoms with Gasteiger partial charge in [-0.2, -0.15) is 0 Å². The van der Waals surface area contributed by atoms with E-state index in [1.807, 2.05) is 24.3 Å². The second-order valence-electron chi connectivity index (χ2n) is 7.50. The molecule has 31 heavy (non-hydrogen) atoms. The molecule has 160 valence electrons. The Morgan fingerprint density at radius 1 is 1.16 bits per heavy atom. The lowest BCUT2D eigenvalue weighted by Crippen LogP contribution is -2.27. The average Bonchev–Trinajstić information content (AvgIpc) is 3.40. The topological polar surface area (TPSA) is 88.7 Å². The van der Waals surface area contributed by atoms with Gasteiger partial charge in [-0.3, -0.25) is 14.4 Å². The molecular formula is C24H24N2O5. The van der Waals surface area contributed by atoms with Crippen LogP contribution in [-0.2, 0) is 20.7 Å². The highest BCUT2D eigenvalue weighted by Gasteiger charge is 2.37. The Bertz CT molecular complexity index is 1150. The summed E-state index contributed by atoms with van der Waals surface area (Å²) in [6.07, 6.45) is 2.54. The van der Waals surface area contributed by atoms with Crippen LogP contribution in [0.25, 0.3) is 10.9 Å². The number of carbonyl (C=O) groups excluding carboxylic acids is 3. The minimum Gasteiger partial charge on any atom is -0.495 e. The second kappa shape index (κ2) is 8.63. The number of rotatable bonds is 7. The van der Waals surface area contributed by atoms with E-state index in [2.05, 4.69) is 11.9 Å². The number of aryl methyl sites for hydroxylation is 1. The lowest BCUT2D eigenvalue weighted by Gasteiger charge is -2.19. The predicted molar refractivity (Wildman–Crippen MR) is 116 cm³/mol. The van der Waals surface area contributed by atoms with Gasteiger partial charge in [0, 0.05) is 35.6 Å². The second-order valence-corrected chi connectivity index (χ2v) is 7.50. The van der Waals surface area contributed by atoms with Crippen molar-refractivity contribution in [3.05, 3.63) is 59.8 Å². The molecule has 2 aromatic carbocycles. The van der Waals surface area contributed by atoms with E-state index in [-0.39, 0.29) is 31.3 Å². The van der Waals surface area contributed by atoms with Crippen LogP contribution in [0.4, 0.5) is 5.69 Å². The van der Waals surface area contributed by atoms with Gasteiger partial charge in [0.05, 0.1) is 18.7 Å². The molecular weight excluding hydrogens is 396 g/mol. The van der Waals surface area contributed by atoms with Crippen molar-refractivity contribution in [3.8, 4) is 5.75 Å². The van der Waals surface area contributed by atoms with Crippen molar-refractivity contribution in [2.45, 2.75) is 19.8 Å². The quantitative estimate of drug-likeness (QED) is 0.467. The summed E-state index contributed by atoms with van der Waals surface area (Å²) in [4.78, 5) is 42.4. The van der Waals surface area contributed by atoms with Gasteiger partial charge in [-0.15, -0.1) is 0 Å². The summed E-state index contributed by atoms with van der Waals surface area (Å²) in [5.41, 5.74) is 3.16. The summed E-state index contributed by atoms with van der Waals surface area (Å²) < 4.78 is 10.6. The van der Waals surface area contributed by atoms with Gasteiger partial charge in [0.1, 0.15) is 5.75 Å². The average molecular weight is 420 g/mol. The molecule has 1 aliphatic rings. The Hall–Kier alpha value is -3.61. The van der Waals surface area contributed by atoms with E-state index in [0.717, 1.165) is 22.9 Å². The van der Waals surface area contributed by atoms with E-state index in [0.29, 0.717) is 17.0 Å². The van der Waals surface area contributed by atoms with Crippen LogP contribution in [0.3, 0.4) is 0 Å². The first kappa shape index (κ1) is 20.7. The molecule has 4 rings (SSSR count). The number of nitrogens with zero attached hydrogens (tertiary/aromatic N) is 1. The van der Waals surface area contributed by atoms with Crippen LogP contribution in [0.1, 0.15) is 29.3 Å². The number of fused-ring (bicyclic) bond motifs is 1. The van der Waals surface area contributed by atoms with Gasteiger partial charge in [-0.25, -0.2) is 0 Å². The Balaban J connectivity index is 1.41. The van der Waals surface area contributed by atoms with E-state index in [4.69, 9.17) is 9.47 Å².